The van der Waals surface area contributed by atoms with Crippen molar-refractivity contribution in [2.45, 2.75) is 32.1 Å². The number of hydrogen-bond acceptors (Lipinski definition) is 5. The van der Waals surface area contributed by atoms with Crippen molar-refractivity contribution < 1.29 is 9.59 Å². The molecule has 4 rings (SSSR count). The molecule has 7 nitrogen and oxygen atoms in total. The van der Waals surface area contributed by atoms with Crippen LogP contribution in [-0.2, 0) is 9.59 Å². The largest absolute Gasteiger partial charge is 0.354 e. The van der Waals surface area contributed by atoms with E-state index < -0.39 is 0 Å². The lowest BCUT2D eigenvalue weighted by Crippen LogP contribution is -2.41. The molecule has 152 valence electrons. The fourth-order valence-electron chi connectivity index (χ4n) is 3.95. The summed E-state index contributed by atoms with van der Waals surface area (Å²) in [5, 5.41) is 11.4. The van der Waals surface area contributed by atoms with Crippen LogP contribution in [0, 0.1) is 5.92 Å². The van der Waals surface area contributed by atoms with Crippen LogP contribution >= 0.6 is 11.6 Å². The number of hydrogen-bond donors (Lipinski definition) is 1. The van der Waals surface area contributed by atoms with Crippen molar-refractivity contribution in [3.05, 3.63) is 41.6 Å². The van der Waals surface area contributed by atoms with Crippen molar-refractivity contribution in [1.82, 2.24) is 10.2 Å². The van der Waals surface area contributed by atoms with Crippen molar-refractivity contribution >= 4 is 40.6 Å². The Balaban J connectivity index is 1.41. The molecule has 0 unspecified atom stereocenters. The fourth-order valence-corrected chi connectivity index (χ4v) is 4.05. The minimum Gasteiger partial charge on any atom is -0.354 e. The molecule has 0 saturated carbocycles. The monoisotopic (exact) mass is 413 g/mol. The van der Waals surface area contributed by atoms with Crippen LogP contribution in [0.1, 0.15) is 32.1 Å². The highest BCUT2D eigenvalue weighted by atomic mass is 35.5. The van der Waals surface area contributed by atoms with Crippen LogP contribution in [0.5, 0.6) is 0 Å². The summed E-state index contributed by atoms with van der Waals surface area (Å²) in [7, 11) is 0. The second-order valence-corrected chi connectivity index (χ2v) is 7.93. The molecule has 0 radical (unpaired) electrons. The summed E-state index contributed by atoms with van der Waals surface area (Å²) in [6.45, 7) is 2.16. The minimum absolute atomic E-state index is 0.0151. The number of aromatic nitrogens is 2. The second-order valence-electron chi connectivity index (χ2n) is 7.54. The maximum Gasteiger partial charge on any atom is 0.229 e. The highest BCUT2D eigenvalue weighted by molar-refractivity contribution is 6.29. The Labute approximate surface area is 175 Å². The van der Waals surface area contributed by atoms with E-state index in [1.165, 1.54) is 0 Å². The molecular weight excluding hydrogens is 390 g/mol. The first-order chi connectivity index (χ1) is 14.1. The van der Waals surface area contributed by atoms with Crippen molar-refractivity contribution in [3.63, 3.8) is 0 Å². The molecular formula is C21H24ClN5O2. The molecule has 2 amide bonds. The van der Waals surface area contributed by atoms with Crippen LogP contribution in [0.3, 0.4) is 0 Å². The number of anilines is 3. The van der Waals surface area contributed by atoms with Crippen molar-refractivity contribution in [3.8, 4) is 0 Å². The van der Waals surface area contributed by atoms with E-state index in [9.17, 15) is 9.59 Å². The van der Waals surface area contributed by atoms with E-state index in [1.54, 1.807) is 11.0 Å². The van der Waals surface area contributed by atoms with Gasteiger partial charge in [-0.1, -0.05) is 17.7 Å². The van der Waals surface area contributed by atoms with Crippen molar-refractivity contribution in [2.24, 2.45) is 5.92 Å². The van der Waals surface area contributed by atoms with Gasteiger partial charge in [-0.15, -0.1) is 10.2 Å². The van der Waals surface area contributed by atoms with Gasteiger partial charge in [-0.25, -0.2) is 0 Å². The van der Waals surface area contributed by atoms with Gasteiger partial charge in [0.25, 0.3) is 0 Å². The summed E-state index contributed by atoms with van der Waals surface area (Å²) in [4.78, 5) is 28.9. The lowest BCUT2D eigenvalue weighted by molar-refractivity contribution is -0.120. The normalized spacial score (nSPS) is 19.9. The third-order valence-electron chi connectivity index (χ3n) is 5.48. The topological polar surface area (TPSA) is 78.4 Å². The number of benzene rings is 1. The van der Waals surface area contributed by atoms with E-state index in [0.717, 1.165) is 50.3 Å². The summed E-state index contributed by atoms with van der Waals surface area (Å²) in [5.74, 6) is 0.726. The first kappa shape index (κ1) is 19.6. The van der Waals surface area contributed by atoms with E-state index in [1.807, 2.05) is 30.3 Å². The van der Waals surface area contributed by atoms with Crippen LogP contribution in [0.2, 0.25) is 5.15 Å². The Kier molecular flexibility index (Phi) is 5.94. The molecule has 2 aliphatic heterocycles. The average Bonchev–Trinajstić information content (AvgIpc) is 2.75. The van der Waals surface area contributed by atoms with Crippen molar-refractivity contribution in [1.29, 1.82) is 0 Å². The van der Waals surface area contributed by atoms with Gasteiger partial charge in [-0.05, 0) is 56.0 Å². The Bertz CT molecular complexity index is 889. The Morgan fingerprint density at radius 2 is 2.00 bits per heavy atom. The molecule has 1 aromatic heterocycles. The molecule has 2 saturated heterocycles. The van der Waals surface area contributed by atoms with Gasteiger partial charge in [0.05, 0.1) is 5.92 Å². The van der Waals surface area contributed by atoms with E-state index in [2.05, 4.69) is 20.4 Å². The summed E-state index contributed by atoms with van der Waals surface area (Å²) < 4.78 is 0. The van der Waals surface area contributed by atoms with Crippen LogP contribution in [0.25, 0.3) is 0 Å². The van der Waals surface area contributed by atoms with E-state index in [4.69, 9.17) is 11.6 Å². The number of carbonyl (C=O) groups is 2. The molecule has 0 bridgehead atoms. The Morgan fingerprint density at radius 1 is 1.10 bits per heavy atom. The number of nitrogens with zero attached hydrogens (tertiary/aromatic N) is 4. The summed E-state index contributed by atoms with van der Waals surface area (Å²) in [6.07, 6.45) is 4.27. The second kappa shape index (κ2) is 8.78. The van der Waals surface area contributed by atoms with Gasteiger partial charge < -0.3 is 15.1 Å². The predicted molar refractivity (Wildman–Crippen MR) is 113 cm³/mol. The van der Waals surface area contributed by atoms with Crippen LogP contribution in [-0.4, -0.2) is 41.6 Å². The Morgan fingerprint density at radius 3 is 2.79 bits per heavy atom. The fraction of sp³-hybridized carbons (Fsp3) is 0.429. The molecule has 8 heteroatoms. The van der Waals surface area contributed by atoms with E-state index >= 15 is 0 Å². The third-order valence-corrected chi connectivity index (χ3v) is 5.68. The summed E-state index contributed by atoms with van der Waals surface area (Å²) >= 11 is 5.82. The van der Waals surface area contributed by atoms with E-state index in [-0.39, 0.29) is 17.7 Å². The SMILES string of the molecule is O=C(Nc1cccc(N2CCCCC2=O)c1)[C@@H]1CCCN(c2ccc(Cl)nn2)C1. The number of piperidine rings is 2. The van der Waals surface area contributed by atoms with Gasteiger partial charge in [0, 0.05) is 37.4 Å². The molecule has 3 heterocycles. The van der Waals surface area contributed by atoms with Gasteiger partial charge >= 0.3 is 0 Å². The standard InChI is InChI=1S/C21H24ClN5O2/c22-18-9-10-19(25-24-18)26-11-4-5-15(14-26)21(29)23-16-6-3-7-17(13-16)27-12-2-1-8-20(27)28/h3,6-7,9-10,13,15H,1-2,4-5,8,11-12,14H2,(H,23,29)/t15-/m1/s1. The number of nitrogens with one attached hydrogen (secondary N) is 1. The van der Waals surface area contributed by atoms with Gasteiger partial charge in [0.2, 0.25) is 11.8 Å². The number of carbonyl (C=O) groups excluding carboxylic acids is 2. The summed E-state index contributed by atoms with van der Waals surface area (Å²) in [5.41, 5.74) is 1.56. The Hall–Kier alpha value is -2.67. The van der Waals surface area contributed by atoms with Gasteiger partial charge in [-0.3, -0.25) is 9.59 Å². The van der Waals surface area contributed by atoms with E-state index in [0.29, 0.717) is 23.8 Å². The number of amides is 2. The molecule has 1 atom stereocenters. The average molecular weight is 414 g/mol. The summed E-state index contributed by atoms with van der Waals surface area (Å²) in [6, 6.07) is 11.1. The van der Waals surface area contributed by atoms with Crippen LogP contribution < -0.4 is 15.1 Å². The lowest BCUT2D eigenvalue weighted by Gasteiger charge is -2.32. The highest BCUT2D eigenvalue weighted by Crippen LogP contribution is 2.26. The molecule has 29 heavy (non-hydrogen) atoms. The maximum absolute atomic E-state index is 12.9. The molecule has 2 aliphatic rings. The maximum atomic E-state index is 12.9. The quantitative estimate of drug-likeness (QED) is 0.829. The molecule has 2 fully saturated rings. The molecule has 0 spiro atoms. The minimum atomic E-state index is -0.137. The van der Waals surface area contributed by atoms with Crippen LogP contribution in [0.4, 0.5) is 17.2 Å². The molecule has 1 N–H and O–H groups in total. The highest BCUT2D eigenvalue weighted by Gasteiger charge is 2.27. The molecule has 0 aliphatic carbocycles. The van der Waals surface area contributed by atoms with Gasteiger partial charge in [0.1, 0.15) is 0 Å². The molecule has 2 aromatic rings. The third kappa shape index (κ3) is 4.67. The lowest BCUT2D eigenvalue weighted by atomic mass is 9.97. The molecule has 1 aromatic carbocycles. The zero-order valence-electron chi connectivity index (χ0n) is 16.2. The number of halogens is 1. The smallest absolute Gasteiger partial charge is 0.229 e. The predicted octanol–water partition coefficient (Wildman–Crippen LogP) is 3.50. The first-order valence-electron chi connectivity index (χ1n) is 10.1. The van der Waals surface area contributed by atoms with Crippen molar-refractivity contribution in [2.75, 3.05) is 34.8 Å². The number of rotatable bonds is 4. The zero-order valence-corrected chi connectivity index (χ0v) is 16.9. The first-order valence-corrected chi connectivity index (χ1v) is 10.4. The zero-order chi connectivity index (χ0) is 20.2. The van der Waals surface area contributed by atoms with Gasteiger partial charge in [-0.2, -0.15) is 0 Å². The van der Waals surface area contributed by atoms with Crippen LogP contribution in [0.15, 0.2) is 36.4 Å². The van der Waals surface area contributed by atoms with Gasteiger partial charge in [0.15, 0.2) is 11.0 Å².